The molecule has 0 spiro atoms. The lowest BCUT2D eigenvalue weighted by Crippen LogP contribution is -2.07. The summed E-state index contributed by atoms with van der Waals surface area (Å²) in [6.07, 6.45) is 0. The molecule has 0 fully saturated rings. The Morgan fingerprint density at radius 3 is 1.84 bits per heavy atom. The van der Waals surface area contributed by atoms with Crippen molar-refractivity contribution in [1.29, 1.82) is 0 Å². The van der Waals surface area contributed by atoms with E-state index in [1.165, 1.54) is 30.3 Å². The van der Waals surface area contributed by atoms with Gasteiger partial charge in [-0.05, 0) is 54.6 Å². The molecule has 5 aromatic carbocycles. The fourth-order valence-electron chi connectivity index (χ4n) is 5.53. The van der Waals surface area contributed by atoms with Crippen LogP contribution in [0.2, 0.25) is 0 Å². The molecule has 0 N–H and O–H groups in total. The number of benzene rings is 5. The minimum Gasteiger partial charge on any atom is -0.456 e. The van der Waals surface area contributed by atoms with Crippen LogP contribution in [-0.4, -0.2) is 4.57 Å². The van der Waals surface area contributed by atoms with Crippen molar-refractivity contribution in [3.05, 3.63) is 123 Å². The lowest BCUT2D eigenvalue weighted by atomic mass is 10.1. The average Bonchev–Trinajstić information content (AvgIpc) is 3.27. The SMILES string of the molecule is O=c1c2cc(-n3c4ccccc4c4ccccc43)ccc2oc2cc3c(=O)c4c(F)cccc4oc3cc12. The number of halogens is 1. The second-order valence-electron chi connectivity index (χ2n) is 9.37. The van der Waals surface area contributed by atoms with E-state index in [4.69, 9.17) is 8.83 Å². The van der Waals surface area contributed by atoms with Crippen molar-refractivity contribution in [1.82, 2.24) is 4.57 Å². The number of rotatable bonds is 1. The molecule has 0 unspecified atom stereocenters. The third-order valence-electron chi connectivity index (χ3n) is 7.26. The molecule has 3 aromatic heterocycles. The predicted octanol–water partition coefficient (Wildman–Crippen LogP) is 7.44. The molecule has 0 aliphatic heterocycles. The van der Waals surface area contributed by atoms with Crippen LogP contribution in [0.3, 0.4) is 0 Å². The first-order valence-electron chi connectivity index (χ1n) is 12.1. The number of hydrogen-bond donors (Lipinski definition) is 0. The second-order valence-corrected chi connectivity index (χ2v) is 9.37. The van der Waals surface area contributed by atoms with Crippen LogP contribution >= 0.6 is 0 Å². The van der Waals surface area contributed by atoms with E-state index in [9.17, 15) is 14.0 Å². The number of fused-ring (bicyclic) bond motifs is 7. The van der Waals surface area contributed by atoms with Crippen molar-refractivity contribution in [3.63, 3.8) is 0 Å². The summed E-state index contributed by atoms with van der Waals surface area (Å²) >= 11 is 0. The van der Waals surface area contributed by atoms with Gasteiger partial charge in [-0.25, -0.2) is 4.39 Å². The number of hydrogen-bond acceptors (Lipinski definition) is 4. The van der Waals surface area contributed by atoms with Gasteiger partial charge in [0.15, 0.2) is 0 Å². The first-order valence-corrected chi connectivity index (χ1v) is 12.1. The second kappa shape index (κ2) is 7.40. The highest BCUT2D eigenvalue weighted by Crippen LogP contribution is 2.33. The highest BCUT2D eigenvalue weighted by Gasteiger charge is 2.17. The van der Waals surface area contributed by atoms with Crippen molar-refractivity contribution in [2.24, 2.45) is 0 Å². The smallest absolute Gasteiger partial charge is 0.203 e. The van der Waals surface area contributed by atoms with Crippen LogP contribution in [0.1, 0.15) is 0 Å². The van der Waals surface area contributed by atoms with E-state index >= 15 is 0 Å². The van der Waals surface area contributed by atoms with Gasteiger partial charge < -0.3 is 13.4 Å². The van der Waals surface area contributed by atoms with E-state index in [1.807, 2.05) is 36.4 Å². The lowest BCUT2D eigenvalue weighted by Gasteiger charge is -2.10. The van der Waals surface area contributed by atoms with E-state index in [0.717, 1.165) is 27.5 Å². The van der Waals surface area contributed by atoms with Crippen LogP contribution in [0.5, 0.6) is 0 Å². The molecule has 180 valence electrons. The maximum atomic E-state index is 14.4. The standard InChI is InChI=1S/C32H16FNO4/c33-23-8-5-11-27-30(23)32(36)22-16-28-21(15-29(22)38-27)31(35)20-14-17(12-13-26(20)37-28)34-24-9-3-1-6-18(24)19-7-2-4-10-25(19)34/h1-16H. The number of para-hydroxylation sites is 2. The maximum Gasteiger partial charge on any atom is 0.203 e. The zero-order valence-electron chi connectivity index (χ0n) is 19.7. The monoisotopic (exact) mass is 497 g/mol. The topological polar surface area (TPSA) is 65.3 Å². The molecule has 8 rings (SSSR count). The van der Waals surface area contributed by atoms with Gasteiger partial charge in [-0.15, -0.1) is 0 Å². The summed E-state index contributed by atoms with van der Waals surface area (Å²) in [7, 11) is 0. The van der Waals surface area contributed by atoms with Crippen LogP contribution in [-0.2, 0) is 0 Å². The van der Waals surface area contributed by atoms with Crippen LogP contribution in [0.4, 0.5) is 4.39 Å². The van der Waals surface area contributed by atoms with E-state index in [-0.39, 0.29) is 38.3 Å². The summed E-state index contributed by atoms with van der Waals surface area (Å²) in [5.74, 6) is -0.657. The normalized spacial score (nSPS) is 12.0. The van der Waals surface area contributed by atoms with E-state index in [1.54, 1.807) is 6.07 Å². The molecule has 3 heterocycles. The average molecular weight is 497 g/mol. The van der Waals surface area contributed by atoms with Crippen molar-refractivity contribution < 1.29 is 13.2 Å². The summed E-state index contributed by atoms with van der Waals surface area (Å²) in [4.78, 5) is 26.8. The summed E-state index contributed by atoms with van der Waals surface area (Å²) in [6.45, 7) is 0. The summed E-state index contributed by atoms with van der Waals surface area (Å²) < 4.78 is 28.4. The molecule has 0 saturated carbocycles. The van der Waals surface area contributed by atoms with Gasteiger partial charge >= 0.3 is 0 Å². The van der Waals surface area contributed by atoms with Crippen molar-refractivity contribution in [2.45, 2.75) is 0 Å². The molecule has 0 aliphatic carbocycles. The van der Waals surface area contributed by atoms with Crippen LogP contribution in [0, 0.1) is 5.82 Å². The Balaban J connectivity index is 1.44. The van der Waals surface area contributed by atoms with Gasteiger partial charge in [-0.1, -0.05) is 42.5 Å². The predicted molar refractivity (Wildman–Crippen MR) is 148 cm³/mol. The zero-order valence-corrected chi connectivity index (χ0v) is 19.7. The summed E-state index contributed by atoms with van der Waals surface area (Å²) in [6, 6.07) is 29.0. The van der Waals surface area contributed by atoms with Gasteiger partial charge in [0.25, 0.3) is 0 Å². The Bertz CT molecular complexity index is 2360. The minimum atomic E-state index is -0.657. The molecular weight excluding hydrogens is 481 g/mol. The Morgan fingerprint density at radius 1 is 0.526 bits per heavy atom. The largest absolute Gasteiger partial charge is 0.456 e. The molecule has 0 atom stereocenters. The van der Waals surface area contributed by atoms with E-state index < -0.39 is 11.2 Å². The maximum absolute atomic E-state index is 14.4. The van der Waals surface area contributed by atoms with E-state index in [0.29, 0.717) is 11.0 Å². The fraction of sp³-hybridized carbons (Fsp3) is 0. The molecule has 0 radical (unpaired) electrons. The Labute approximate surface area is 212 Å². The summed E-state index contributed by atoms with van der Waals surface area (Å²) in [5, 5.41) is 2.96. The van der Waals surface area contributed by atoms with Gasteiger partial charge in [0.05, 0.1) is 27.2 Å². The minimum absolute atomic E-state index is 0.126. The number of nitrogens with zero attached hydrogens (tertiary/aromatic N) is 1. The molecule has 0 aliphatic rings. The van der Waals surface area contributed by atoms with Gasteiger partial charge in [-0.3, -0.25) is 9.59 Å². The van der Waals surface area contributed by atoms with Crippen molar-refractivity contribution in [2.75, 3.05) is 0 Å². The molecular formula is C32H16FNO4. The van der Waals surface area contributed by atoms with E-state index in [2.05, 4.69) is 28.8 Å². The molecule has 8 aromatic rings. The molecule has 38 heavy (non-hydrogen) atoms. The van der Waals surface area contributed by atoms with Crippen molar-refractivity contribution >= 4 is 65.7 Å². The first kappa shape index (κ1) is 20.9. The third kappa shape index (κ3) is 2.74. The van der Waals surface area contributed by atoms with Gasteiger partial charge in [0.2, 0.25) is 10.9 Å². The van der Waals surface area contributed by atoms with Gasteiger partial charge in [-0.2, -0.15) is 0 Å². The Kier molecular flexibility index (Phi) is 4.07. The summed E-state index contributed by atoms with van der Waals surface area (Å²) in [5.41, 5.74) is 3.10. The van der Waals surface area contributed by atoms with Crippen molar-refractivity contribution in [3.8, 4) is 5.69 Å². The van der Waals surface area contributed by atoms with Gasteiger partial charge in [0, 0.05) is 16.5 Å². The molecule has 0 saturated heterocycles. The molecule has 0 amide bonds. The van der Waals surface area contributed by atoms with Gasteiger partial charge in [0.1, 0.15) is 33.5 Å². The fourth-order valence-corrected chi connectivity index (χ4v) is 5.53. The highest BCUT2D eigenvalue weighted by molar-refractivity contribution is 6.09. The molecule has 6 heteroatoms. The van der Waals surface area contributed by atoms with Crippen LogP contribution in [0.25, 0.3) is 71.4 Å². The van der Waals surface area contributed by atoms with Crippen LogP contribution in [0.15, 0.2) is 115 Å². The lowest BCUT2D eigenvalue weighted by molar-refractivity contribution is 0.624. The Hall–Kier alpha value is -5.23. The Morgan fingerprint density at radius 2 is 1.13 bits per heavy atom. The quantitative estimate of drug-likeness (QED) is 0.221. The third-order valence-corrected chi connectivity index (χ3v) is 7.26. The highest BCUT2D eigenvalue weighted by atomic mass is 19.1. The number of aromatic nitrogens is 1. The molecule has 5 nitrogen and oxygen atoms in total. The first-order chi connectivity index (χ1) is 18.6. The molecule has 0 bridgehead atoms. The zero-order chi connectivity index (χ0) is 25.5. The van der Waals surface area contributed by atoms with Crippen LogP contribution < -0.4 is 10.9 Å².